The summed E-state index contributed by atoms with van der Waals surface area (Å²) in [6.07, 6.45) is 2.70. The Hall–Kier alpha value is -8.00. The molecule has 10 aliphatic rings. The quantitative estimate of drug-likeness (QED) is 0.0393. The van der Waals surface area contributed by atoms with E-state index in [2.05, 4.69) is 63.9 Å². The van der Waals surface area contributed by atoms with E-state index in [9.17, 15) is 47.8 Å². The van der Waals surface area contributed by atoms with Crippen LogP contribution in [0.15, 0.2) is 55.3 Å². The van der Waals surface area contributed by atoms with E-state index in [1.807, 2.05) is 20.8 Å². The van der Waals surface area contributed by atoms with Crippen LogP contribution >= 0.6 is 22.4 Å². The number of phosphoric ester groups is 2. The van der Waals surface area contributed by atoms with Crippen LogP contribution in [0.2, 0.25) is 0 Å². The standard InChI is InChI=1S/C14H20N5O7P.C14H20N5O6PS.C14H19N5O5.C14H22N3O7P.C14H21N3O5/c1-3-14-4-5-24-8(9(14)26-27(21,22)23-2)12(25-14)19-6-16-7-10(19)17-13(15)18-11(7)20;1-3-14-4-5-23-8(9(14)25-26(21,27)22-2)12(24-14)19-6-16-7-10(19)17-13(15)18-11(7)20;1-21-5-14-3-4-23-8(9(14)22-2)12(24-14)19-6-16-7-10(19)17-13(15)18-11(7)20;1-4-14-5-6-22-9(10(14)24-25(19,20)21-3)12(23-14)17-7-8(2)11(15)16-13(17)18;1-8-6-17(13(18)16-11(8)15)12-9-10(20-3)14(22-12,7-19-2)4-5-21-9/h6,8-9,12H,3-5H2,1-2H3,(H,21,22)(H3,15,17,18,20);6,8-9,12H,3-5H2,1-2H3,(H,21,27)(H3,15,17,18,20);6,8-9,12H,3-5H2,1-2H3,(H3,15,17,18,20);7,9-10,12H,4-6H2,1-3H3,(H,19,20)(H2,15,16,18);6,9-10,12H,4-5,7H2,1-3H3,(H2,15,16,18)/t8-,9?,12+,14-;8-,9?,12+,14-,26?;8-,9?,12+,14+;9-,10?,12+,14-;9-,10?,12+,14+/m00000/s1. The second-order valence-electron chi connectivity index (χ2n) is 30.9. The lowest BCUT2D eigenvalue weighted by Crippen LogP contribution is -2.52. The number of hydrogen-bond acceptors (Lipinski definition) is 41. The number of H-pyrrole nitrogens is 3. The number of fused-ring (bicyclic) bond motifs is 13. The molecule has 125 heavy (non-hydrogen) atoms. The van der Waals surface area contributed by atoms with Gasteiger partial charge in [0.1, 0.15) is 101 Å². The molecule has 10 bridgehead atoms. The van der Waals surface area contributed by atoms with Crippen LogP contribution in [0.1, 0.15) is 114 Å². The summed E-state index contributed by atoms with van der Waals surface area (Å²) < 4.78 is 144. The van der Waals surface area contributed by atoms with Crippen molar-refractivity contribution < 1.29 is 117 Å². The second kappa shape index (κ2) is 36.5. The number of hydrogen-bond donors (Lipinski definition) is 11. The topological polar surface area (TPSA) is 670 Å². The van der Waals surface area contributed by atoms with Gasteiger partial charge >= 0.3 is 33.7 Å². The van der Waals surface area contributed by atoms with Crippen LogP contribution in [0.4, 0.5) is 29.5 Å². The molecule has 18 rings (SSSR count). The first-order valence-corrected chi connectivity index (χ1v) is 45.1. The van der Waals surface area contributed by atoms with Crippen molar-refractivity contribution in [3.05, 3.63) is 94.5 Å². The Bertz CT molecular complexity index is 5580. The average Bonchev–Trinajstić information content (AvgIpc) is 1.58. The van der Waals surface area contributed by atoms with Crippen molar-refractivity contribution >= 4 is 97.1 Å². The molecule has 51 nitrogen and oxygen atoms in total. The Morgan fingerprint density at radius 2 is 0.712 bits per heavy atom. The Morgan fingerprint density at radius 3 is 0.992 bits per heavy atom. The summed E-state index contributed by atoms with van der Waals surface area (Å²) in [5, 5.41) is 0. The number of imidazole rings is 3. The van der Waals surface area contributed by atoms with Crippen LogP contribution in [0.5, 0.6) is 0 Å². The smallest absolute Gasteiger partial charge is 0.383 e. The van der Waals surface area contributed by atoms with E-state index in [0.29, 0.717) is 114 Å². The SMILES string of the molecule is CC[C@]12CCO[C@@H](C1OP(=O)(O)OC)[C@H](n1cc(C)c(N)nc1=O)O2.CC[C@]12CCO[C@@H](C1OP(=O)(O)OC)[C@H](n1cnc3c(=O)[nH]c(N)nc31)O2.CC[C@]12CCO[C@@H](C1OP(O)(=S)OC)[C@H](n1cnc3c(=O)[nH]c(N)nc31)O2.COC[C@]12CCO[C@@H](C1OC)[C@H](n1cc(C)c(N)nc1=O)O2.COC[C@]12CCO[C@@H](C1OC)[C@H](n1cnc3c(=O)[nH]c(N)nc31)O2. The molecule has 0 radical (unpaired) electrons. The predicted octanol–water partition coefficient (Wildman–Crippen LogP) is 0.721. The molecule has 8 unspecified atom stereocenters. The van der Waals surface area contributed by atoms with Crippen molar-refractivity contribution in [2.45, 2.75) is 206 Å². The normalized spacial score (nSPS) is 33.1. The van der Waals surface area contributed by atoms with Crippen LogP contribution in [0, 0.1) is 13.8 Å². The van der Waals surface area contributed by atoms with Crippen molar-refractivity contribution in [1.82, 2.24) is 77.7 Å². The number of rotatable bonds is 23. The third-order valence-corrected chi connectivity index (χ3v) is 27.6. The zero-order valence-corrected chi connectivity index (χ0v) is 73.5. The van der Waals surface area contributed by atoms with Gasteiger partial charge < -0.3 is 114 Å². The number of aryl methyl sites for hydroxylation is 2. The maximum Gasteiger partial charge on any atom is 0.472 e. The van der Waals surface area contributed by atoms with Gasteiger partial charge in [-0.15, -0.1) is 0 Å². The molecule has 8 aromatic rings. The van der Waals surface area contributed by atoms with Crippen LogP contribution in [0.25, 0.3) is 33.5 Å². The summed E-state index contributed by atoms with van der Waals surface area (Å²) in [7, 11) is 1.40. The van der Waals surface area contributed by atoms with Crippen LogP contribution in [-0.2, 0) is 114 Å². The fourth-order valence-electron chi connectivity index (χ4n) is 17.8. The van der Waals surface area contributed by atoms with Gasteiger partial charge in [0.2, 0.25) is 17.8 Å². The van der Waals surface area contributed by atoms with Gasteiger partial charge in [-0.05, 0) is 44.9 Å². The van der Waals surface area contributed by atoms with Gasteiger partial charge in [0.15, 0.2) is 64.6 Å². The number of aromatic nitrogens is 16. The number of nitrogens with zero attached hydrogens (tertiary/aromatic N) is 13. The summed E-state index contributed by atoms with van der Waals surface area (Å²) in [6, 6.07) is 0. The molecule has 0 amide bonds. The van der Waals surface area contributed by atoms with Gasteiger partial charge in [-0.3, -0.25) is 74.8 Å². The summed E-state index contributed by atoms with van der Waals surface area (Å²) in [5.74, 6) is 0.289. The van der Waals surface area contributed by atoms with E-state index >= 15 is 0 Å². The summed E-state index contributed by atoms with van der Waals surface area (Å²) in [5.41, 5.74) is 24.9. The Labute approximate surface area is 714 Å². The first-order valence-electron chi connectivity index (χ1n) is 39.5. The van der Waals surface area contributed by atoms with E-state index in [0.717, 1.165) is 14.2 Å². The highest BCUT2D eigenvalue weighted by Crippen LogP contribution is 2.59. The van der Waals surface area contributed by atoms with Gasteiger partial charge in [-0.1, -0.05) is 20.8 Å². The molecule has 0 spiro atoms. The zero-order valence-electron chi connectivity index (χ0n) is 70.0. The Kier molecular flexibility index (Phi) is 27.2. The fourth-order valence-corrected chi connectivity index (χ4v) is 20.1. The second-order valence-corrected chi connectivity index (χ2v) is 36.8. The number of aromatic amines is 3. The number of methoxy groups -OCH3 is 4. The Morgan fingerprint density at radius 1 is 0.432 bits per heavy atom. The third kappa shape index (κ3) is 17.4. The molecule has 10 saturated heterocycles. The van der Waals surface area contributed by atoms with Gasteiger partial charge in [0.25, 0.3) is 16.7 Å². The van der Waals surface area contributed by atoms with Crippen molar-refractivity contribution in [1.29, 1.82) is 0 Å². The van der Waals surface area contributed by atoms with Crippen LogP contribution in [0.3, 0.4) is 0 Å². The molecular weight excluding hydrogens is 1740 g/mol. The number of anilines is 5. The number of nitrogen functional groups attached to an aromatic ring is 5. The molecule has 23 atom stereocenters. The lowest BCUT2D eigenvalue weighted by molar-refractivity contribution is -0.159. The van der Waals surface area contributed by atoms with Gasteiger partial charge in [0, 0.05) is 105 Å². The van der Waals surface area contributed by atoms with Crippen LogP contribution < -0.4 is 56.7 Å². The van der Waals surface area contributed by atoms with Gasteiger partial charge in [-0.25, -0.2) is 33.7 Å². The molecule has 16 N–H and O–H groups in total. The minimum atomic E-state index is -4.27. The first kappa shape index (κ1) is 93.2. The number of nitrogens with two attached hydrogens (primary N) is 5. The predicted molar refractivity (Wildman–Crippen MR) is 437 cm³/mol. The Balaban J connectivity index is 0.000000127. The average molecular weight is 1840 g/mol. The molecule has 55 heteroatoms. The van der Waals surface area contributed by atoms with Crippen molar-refractivity contribution in [3.8, 4) is 0 Å². The summed E-state index contributed by atoms with van der Waals surface area (Å²) >= 11 is 5.02. The largest absolute Gasteiger partial charge is 0.472 e. The summed E-state index contributed by atoms with van der Waals surface area (Å²) in [6.45, 7) is 8.85. The van der Waals surface area contributed by atoms with Gasteiger partial charge in [-0.2, -0.15) is 24.9 Å². The highest BCUT2D eigenvalue weighted by Gasteiger charge is 2.66. The minimum absolute atomic E-state index is 0.0195. The molecule has 18 heterocycles. The first-order chi connectivity index (χ1) is 59.4. The molecular formula is C70H102N21O30P3S. The van der Waals surface area contributed by atoms with E-state index in [1.54, 1.807) is 57.6 Å². The maximum absolute atomic E-state index is 12.3. The molecule has 10 aliphatic heterocycles. The lowest BCUT2D eigenvalue weighted by Gasteiger charge is -2.38. The highest BCUT2D eigenvalue weighted by atomic mass is 32.5. The zero-order chi connectivity index (χ0) is 90.0. The van der Waals surface area contributed by atoms with Crippen molar-refractivity contribution in [2.24, 2.45) is 0 Å². The van der Waals surface area contributed by atoms with Gasteiger partial charge in [0.05, 0.1) is 65.2 Å². The monoisotopic (exact) mass is 1840 g/mol. The third-order valence-electron chi connectivity index (χ3n) is 24.0. The molecule has 10 fully saturated rings. The molecule has 0 saturated carbocycles. The van der Waals surface area contributed by atoms with E-state index in [4.69, 9.17) is 125 Å². The molecule has 8 aromatic heterocycles. The number of ether oxygens (including phenoxy) is 14. The number of phosphoric acid groups is 2. The number of nitrogens with one attached hydrogen (secondary N) is 3. The highest BCUT2D eigenvalue weighted by molar-refractivity contribution is 8.07. The summed E-state index contributed by atoms with van der Waals surface area (Å²) in [4.78, 5) is 130. The minimum Gasteiger partial charge on any atom is -0.383 e. The molecule has 0 aromatic carbocycles. The maximum atomic E-state index is 12.3. The molecule has 688 valence electrons. The molecule has 0 aliphatic carbocycles. The lowest BCUT2D eigenvalue weighted by atomic mass is 9.87. The van der Waals surface area contributed by atoms with E-state index < -0.39 is 152 Å². The van der Waals surface area contributed by atoms with E-state index in [1.165, 1.54) is 46.0 Å². The van der Waals surface area contributed by atoms with Crippen LogP contribution in [-0.4, -0.2) is 277 Å². The fraction of sp³-hybridized carbons (Fsp3) is 0.671. The van der Waals surface area contributed by atoms with E-state index in [-0.39, 0.29) is 75.6 Å². The van der Waals surface area contributed by atoms with Crippen molar-refractivity contribution in [3.63, 3.8) is 0 Å². The van der Waals surface area contributed by atoms with Crippen molar-refractivity contribution in [2.75, 3.05) is 125 Å².